The number of hydrogen-bond donors (Lipinski definition) is 0. The van der Waals surface area contributed by atoms with Crippen LogP contribution in [-0.4, -0.2) is 30.0 Å². The van der Waals surface area contributed by atoms with Crippen molar-refractivity contribution >= 4 is 11.9 Å². The predicted molar refractivity (Wildman–Crippen MR) is 111 cm³/mol. The number of esters is 1. The van der Waals surface area contributed by atoms with E-state index in [0.717, 1.165) is 11.3 Å². The van der Waals surface area contributed by atoms with E-state index in [1.165, 1.54) is 6.07 Å². The number of halogens is 1. The third-order valence-electron chi connectivity index (χ3n) is 5.17. The second-order valence-corrected chi connectivity index (χ2v) is 7.56. The van der Waals surface area contributed by atoms with Gasteiger partial charge in [0.15, 0.2) is 0 Å². The van der Waals surface area contributed by atoms with E-state index in [2.05, 4.69) is 0 Å². The third-order valence-corrected chi connectivity index (χ3v) is 5.17. The summed E-state index contributed by atoms with van der Waals surface area (Å²) in [6.45, 7) is 5.53. The molecule has 0 spiro atoms. The lowest BCUT2D eigenvalue weighted by Gasteiger charge is -2.35. The molecule has 1 aliphatic heterocycles. The zero-order chi connectivity index (χ0) is 21.8. The summed E-state index contributed by atoms with van der Waals surface area (Å²) >= 11 is 0. The Morgan fingerprint density at radius 3 is 2.43 bits per heavy atom. The molecule has 0 bridgehead atoms. The van der Waals surface area contributed by atoms with Crippen LogP contribution in [0.1, 0.15) is 44.2 Å². The van der Waals surface area contributed by atoms with E-state index in [1.54, 1.807) is 51.0 Å². The lowest BCUT2D eigenvalue weighted by Crippen LogP contribution is -2.38. The van der Waals surface area contributed by atoms with Crippen molar-refractivity contribution in [2.75, 3.05) is 7.11 Å². The number of ether oxygens (including phenoxy) is 2. The Hall–Kier alpha value is -3.15. The molecule has 0 radical (unpaired) electrons. The highest BCUT2D eigenvalue weighted by molar-refractivity contribution is 5.96. The van der Waals surface area contributed by atoms with E-state index in [-0.39, 0.29) is 18.4 Å². The van der Waals surface area contributed by atoms with Crippen molar-refractivity contribution in [3.63, 3.8) is 0 Å². The molecule has 2 aromatic carbocycles. The van der Waals surface area contributed by atoms with Crippen molar-refractivity contribution in [3.8, 4) is 5.75 Å². The number of rotatable bonds is 6. The van der Waals surface area contributed by atoms with E-state index in [4.69, 9.17) is 9.47 Å². The minimum absolute atomic E-state index is 0.00302. The molecule has 0 fully saturated rings. The van der Waals surface area contributed by atoms with E-state index in [1.807, 2.05) is 24.3 Å². The monoisotopic (exact) mass is 411 g/mol. The van der Waals surface area contributed by atoms with Gasteiger partial charge in [0.05, 0.1) is 25.3 Å². The third kappa shape index (κ3) is 4.53. The summed E-state index contributed by atoms with van der Waals surface area (Å²) in [5, 5.41) is 0. The number of methoxy groups -OCH3 is 1. The van der Waals surface area contributed by atoms with Gasteiger partial charge in [0.25, 0.3) is 0 Å². The van der Waals surface area contributed by atoms with Crippen LogP contribution in [0.4, 0.5) is 4.39 Å². The van der Waals surface area contributed by atoms with Gasteiger partial charge in [0.2, 0.25) is 5.91 Å². The van der Waals surface area contributed by atoms with Crippen LogP contribution in [-0.2, 0) is 20.9 Å². The highest BCUT2D eigenvalue weighted by Gasteiger charge is 2.38. The van der Waals surface area contributed by atoms with Gasteiger partial charge < -0.3 is 14.4 Å². The summed E-state index contributed by atoms with van der Waals surface area (Å²) in [6, 6.07) is 13.6. The van der Waals surface area contributed by atoms with Crippen LogP contribution in [0.25, 0.3) is 0 Å². The normalized spacial score (nSPS) is 16.8. The highest BCUT2D eigenvalue weighted by Crippen LogP contribution is 2.38. The summed E-state index contributed by atoms with van der Waals surface area (Å²) in [5.74, 6) is -1.10. The standard InChI is InChI=1S/C24H26FNO4/c1-15(2)30-24(28)23-16(3)26(14-17-9-11-18(29-4)12-10-17)22(27)13-20(23)19-7-5-6-8-21(19)25/h5-12,15,20H,13-14H2,1-4H3. The molecule has 1 amide bonds. The van der Waals surface area contributed by atoms with Gasteiger partial charge in [-0.15, -0.1) is 0 Å². The first-order valence-corrected chi connectivity index (χ1v) is 9.91. The van der Waals surface area contributed by atoms with Crippen molar-refractivity contribution in [2.45, 2.75) is 45.8 Å². The Balaban J connectivity index is 2.02. The maximum Gasteiger partial charge on any atom is 0.336 e. The second kappa shape index (κ2) is 9.11. The molecule has 1 unspecified atom stereocenters. The zero-order valence-corrected chi connectivity index (χ0v) is 17.6. The molecule has 30 heavy (non-hydrogen) atoms. The number of carbonyl (C=O) groups excluding carboxylic acids is 2. The lowest BCUT2D eigenvalue weighted by atomic mass is 9.83. The maximum atomic E-state index is 14.5. The summed E-state index contributed by atoms with van der Waals surface area (Å²) in [5.41, 5.74) is 2.03. The molecule has 2 aromatic rings. The molecular formula is C24H26FNO4. The van der Waals surface area contributed by atoms with E-state index in [9.17, 15) is 14.0 Å². The fraction of sp³-hybridized carbons (Fsp3) is 0.333. The van der Waals surface area contributed by atoms with Crippen LogP contribution in [0.15, 0.2) is 59.8 Å². The molecule has 158 valence electrons. The van der Waals surface area contributed by atoms with Crippen molar-refractivity contribution in [1.82, 2.24) is 4.90 Å². The fourth-order valence-electron chi connectivity index (χ4n) is 3.68. The van der Waals surface area contributed by atoms with Gasteiger partial charge in [-0.2, -0.15) is 0 Å². The van der Waals surface area contributed by atoms with E-state index < -0.39 is 17.7 Å². The van der Waals surface area contributed by atoms with Gasteiger partial charge >= 0.3 is 5.97 Å². The van der Waals surface area contributed by atoms with Crippen molar-refractivity contribution < 1.29 is 23.5 Å². The van der Waals surface area contributed by atoms with Crippen LogP contribution in [0.3, 0.4) is 0 Å². The summed E-state index contributed by atoms with van der Waals surface area (Å²) in [4.78, 5) is 27.5. The molecule has 1 aliphatic rings. The Morgan fingerprint density at radius 2 is 1.83 bits per heavy atom. The smallest absolute Gasteiger partial charge is 0.336 e. The van der Waals surface area contributed by atoms with Gasteiger partial charge in [-0.05, 0) is 50.1 Å². The molecule has 0 aliphatic carbocycles. The van der Waals surface area contributed by atoms with E-state index in [0.29, 0.717) is 23.4 Å². The second-order valence-electron chi connectivity index (χ2n) is 7.56. The fourth-order valence-corrected chi connectivity index (χ4v) is 3.68. The molecule has 0 N–H and O–H groups in total. The summed E-state index contributed by atoms with van der Waals surface area (Å²) in [6.07, 6.45) is -0.330. The predicted octanol–water partition coefficient (Wildman–Crippen LogP) is 4.58. The van der Waals surface area contributed by atoms with Gasteiger partial charge in [-0.1, -0.05) is 30.3 Å². The Bertz CT molecular complexity index is 965. The van der Waals surface area contributed by atoms with Crippen LogP contribution in [0.2, 0.25) is 0 Å². The number of hydrogen-bond acceptors (Lipinski definition) is 4. The van der Waals surface area contributed by atoms with Crippen LogP contribution in [0, 0.1) is 5.82 Å². The van der Waals surface area contributed by atoms with Crippen molar-refractivity contribution in [2.24, 2.45) is 0 Å². The highest BCUT2D eigenvalue weighted by atomic mass is 19.1. The molecular weight excluding hydrogens is 385 g/mol. The number of carbonyl (C=O) groups is 2. The van der Waals surface area contributed by atoms with Crippen LogP contribution in [0.5, 0.6) is 5.75 Å². The minimum Gasteiger partial charge on any atom is -0.497 e. The van der Waals surface area contributed by atoms with Crippen molar-refractivity contribution in [3.05, 3.63) is 76.7 Å². The molecule has 1 heterocycles. The molecule has 5 nitrogen and oxygen atoms in total. The lowest BCUT2D eigenvalue weighted by molar-refractivity contribution is -0.143. The maximum absolute atomic E-state index is 14.5. The molecule has 6 heteroatoms. The summed E-state index contributed by atoms with van der Waals surface area (Å²) < 4.78 is 25.1. The first kappa shape index (κ1) is 21.6. The summed E-state index contributed by atoms with van der Waals surface area (Å²) in [7, 11) is 1.59. The number of benzene rings is 2. The molecule has 0 saturated heterocycles. The van der Waals surface area contributed by atoms with Gasteiger partial charge in [-0.25, -0.2) is 9.18 Å². The van der Waals surface area contributed by atoms with Gasteiger partial charge in [0.1, 0.15) is 11.6 Å². The average molecular weight is 411 g/mol. The molecule has 3 rings (SSSR count). The SMILES string of the molecule is COc1ccc(CN2C(=O)CC(c3ccccc3F)C(C(=O)OC(C)C)=C2C)cc1. The zero-order valence-electron chi connectivity index (χ0n) is 17.6. The largest absolute Gasteiger partial charge is 0.497 e. The van der Waals surface area contributed by atoms with Gasteiger partial charge in [-0.3, -0.25) is 4.79 Å². The number of allylic oxidation sites excluding steroid dienone is 1. The minimum atomic E-state index is -0.683. The Kier molecular flexibility index (Phi) is 6.55. The van der Waals surface area contributed by atoms with E-state index >= 15 is 0 Å². The number of amides is 1. The quantitative estimate of drug-likeness (QED) is 0.653. The number of nitrogens with zero attached hydrogens (tertiary/aromatic N) is 1. The Labute approximate surface area is 176 Å². The topological polar surface area (TPSA) is 55.8 Å². The van der Waals surface area contributed by atoms with Crippen molar-refractivity contribution in [1.29, 1.82) is 0 Å². The van der Waals surface area contributed by atoms with Crippen LogP contribution < -0.4 is 4.74 Å². The first-order valence-electron chi connectivity index (χ1n) is 9.91. The first-order chi connectivity index (χ1) is 14.3. The van der Waals surface area contributed by atoms with Crippen LogP contribution >= 0.6 is 0 Å². The Morgan fingerprint density at radius 1 is 1.17 bits per heavy atom. The average Bonchev–Trinajstić information content (AvgIpc) is 2.71. The molecule has 1 atom stereocenters. The van der Waals surface area contributed by atoms with Gasteiger partial charge in [0, 0.05) is 18.0 Å². The molecule has 0 aromatic heterocycles. The molecule has 0 saturated carbocycles.